The van der Waals surface area contributed by atoms with Crippen LogP contribution in [0.5, 0.6) is 5.75 Å². The zero-order valence-corrected chi connectivity index (χ0v) is 21.4. The van der Waals surface area contributed by atoms with E-state index in [0.29, 0.717) is 23.9 Å². The van der Waals surface area contributed by atoms with Crippen molar-refractivity contribution in [1.29, 1.82) is 0 Å². The lowest BCUT2D eigenvalue weighted by atomic mass is 9.93. The van der Waals surface area contributed by atoms with Crippen molar-refractivity contribution in [3.63, 3.8) is 0 Å². The minimum Gasteiger partial charge on any atom is -0.485 e. The van der Waals surface area contributed by atoms with E-state index in [1.165, 1.54) is 5.69 Å². The van der Waals surface area contributed by atoms with Gasteiger partial charge in [-0.1, -0.05) is 55.5 Å². The zero-order valence-electron chi connectivity index (χ0n) is 21.4. The second-order valence-electron chi connectivity index (χ2n) is 9.42. The van der Waals surface area contributed by atoms with Gasteiger partial charge >= 0.3 is 5.97 Å². The first-order valence-corrected chi connectivity index (χ1v) is 12.8. The minimum absolute atomic E-state index is 0.0832. The number of nitrogens with zero attached hydrogens (tertiary/aromatic N) is 3. The van der Waals surface area contributed by atoms with E-state index in [0.717, 1.165) is 31.5 Å². The number of anilines is 1. The highest BCUT2D eigenvalue weighted by molar-refractivity contribution is 5.97. The molecule has 2 N–H and O–H groups in total. The molecule has 0 spiro atoms. The Hall–Kier alpha value is -3.94. The number of aromatic nitrogens is 2. The van der Waals surface area contributed by atoms with Crippen LogP contribution in [0.4, 0.5) is 5.69 Å². The molecule has 8 nitrogen and oxygen atoms in total. The maximum Gasteiger partial charge on any atom is 0.326 e. The first-order valence-electron chi connectivity index (χ1n) is 12.8. The van der Waals surface area contributed by atoms with Crippen molar-refractivity contribution in [1.82, 2.24) is 15.3 Å². The number of piperidine rings is 1. The summed E-state index contributed by atoms with van der Waals surface area (Å²) in [5.41, 5.74) is 2.83. The average molecular weight is 503 g/mol. The lowest BCUT2D eigenvalue weighted by Crippen LogP contribution is -2.41. The van der Waals surface area contributed by atoms with Crippen LogP contribution in [-0.2, 0) is 17.8 Å². The van der Waals surface area contributed by atoms with Crippen LogP contribution in [0.1, 0.15) is 53.8 Å². The summed E-state index contributed by atoms with van der Waals surface area (Å²) in [6, 6.07) is 19.0. The van der Waals surface area contributed by atoms with Crippen LogP contribution in [-0.4, -0.2) is 46.1 Å². The summed E-state index contributed by atoms with van der Waals surface area (Å²) in [6.07, 6.45) is 2.92. The molecule has 2 aromatic carbocycles. The van der Waals surface area contributed by atoms with E-state index >= 15 is 0 Å². The molecule has 37 heavy (non-hydrogen) atoms. The third-order valence-corrected chi connectivity index (χ3v) is 6.74. The highest BCUT2D eigenvalue weighted by Crippen LogP contribution is 2.27. The van der Waals surface area contributed by atoms with Crippen molar-refractivity contribution in [2.75, 3.05) is 18.0 Å². The predicted octanol–water partition coefficient (Wildman–Crippen LogP) is 4.42. The predicted molar refractivity (Wildman–Crippen MR) is 142 cm³/mol. The summed E-state index contributed by atoms with van der Waals surface area (Å²) in [6.45, 7) is 5.67. The van der Waals surface area contributed by atoms with Crippen molar-refractivity contribution in [2.24, 2.45) is 5.92 Å². The second-order valence-corrected chi connectivity index (χ2v) is 9.42. The van der Waals surface area contributed by atoms with E-state index in [1.54, 1.807) is 13.8 Å². The summed E-state index contributed by atoms with van der Waals surface area (Å²) >= 11 is 0. The topological polar surface area (TPSA) is 105 Å². The van der Waals surface area contributed by atoms with Gasteiger partial charge in [0.25, 0.3) is 5.91 Å². The number of amides is 1. The summed E-state index contributed by atoms with van der Waals surface area (Å²) in [4.78, 5) is 36.4. The number of hydrogen-bond acceptors (Lipinski definition) is 6. The van der Waals surface area contributed by atoms with Gasteiger partial charge in [0.15, 0.2) is 11.4 Å². The molecule has 1 fully saturated rings. The number of para-hydroxylation sites is 1. The maximum atomic E-state index is 13.2. The Kier molecular flexibility index (Phi) is 8.72. The van der Waals surface area contributed by atoms with Gasteiger partial charge in [0.05, 0.1) is 5.69 Å². The Morgan fingerprint density at radius 2 is 1.70 bits per heavy atom. The van der Waals surface area contributed by atoms with Gasteiger partial charge in [0.1, 0.15) is 18.5 Å². The number of aliphatic carboxylic acids is 1. The van der Waals surface area contributed by atoms with Gasteiger partial charge in [-0.3, -0.25) is 4.79 Å². The van der Waals surface area contributed by atoms with Crippen molar-refractivity contribution in [2.45, 2.75) is 52.2 Å². The van der Waals surface area contributed by atoms with E-state index in [1.807, 2.05) is 36.4 Å². The van der Waals surface area contributed by atoms with Crippen molar-refractivity contribution >= 4 is 17.6 Å². The standard InChI is InChI=1S/C29H34N4O4/c1-3-24(29(35)36)31-28(34)26-27(37-19-22-10-6-4-7-11-22)20(2)30-25(32-26)18-21-14-16-33(17-15-21)23-12-8-5-9-13-23/h4-13,21,24H,3,14-19H2,1-2H3,(H,31,34)(H,35,36). The molecule has 1 atom stereocenters. The van der Waals surface area contributed by atoms with Gasteiger partial charge in [0.2, 0.25) is 0 Å². The molecular formula is C29H34N4O4. The van der Waals surface area contributed by atoms with Crippen LogP contribution in [0.15, 0.2) is 60.7 Å². The van der Waals surface area contributed by atoms with Crippen LogP contribution in [0.2, 0.25) is 0 Å². The first kappa shape index (κ1) is 26.1. The van der Waals surface area contributed by atoms with Crippen molar-refractivity contribution in [3.8, 4) is 5.75 Å². The van der Waals surface area contributed by atoms with Crippen LogP contribution in [0.25, 0.3) is 0 Å². The molecule has 0 saturated carbocycles. The molecule has 0 radical (unpaired) electrons. The normalized spacial score (nSPS) is 14.7. The lowest BCUT2D eigenvalue weighted by Gasteiger charge is -2.33. The third kappa shape index (κ3) is 6.84. The number of carbonyl (C=O) groups excluding carboxylic acids is 1. The Bertz CT molecular complexity index is 1200. The largest absolute Gasteiger partial charge is 0.485 e. The molecule has 3 aromatic rings. The number of carboxylic acids is 1. The lowest BCUT2D eigenvalue weighted by molar-refractivity contribution is -0.139. The van der Waals surface area contributed by atoms with Crippen molar-refractivity contribution < 1.29 is 19.4 Å². The van der Waals surface area contributed by atoms with Crippen LogP contribution < -0.4 is 15.0 Å². The first-order chi connectivity index (χ1) is 17.9. The number of aryl methyl sites for hydroxylation is 1. The van der Waals surface area contributed by atoms with Crippen molar-refractivity contribution in [3.05, 3.63) is 83.4 Å². The average Bonchev–Trinajstić information content (AvgIpc) is 2.92. The fourth-order valence-electron chi connectivity index (χ4n) is 4.63. The van der Waals surface area contributed by atoms with Crippen LogP contribution in [0.3, 0.4) is 0 Å². The van der Waals surface area contributed by atoms with Gasteiger partial charge in [-0.15, -0.1) is 0 Å². The van der Waals surface area contributed by atoms with E-state index in [9.17, 15) is 14.7 Å². The molecule has 1 saturated heterocycles. The molecule has 0 bridgehead atoms. The summed E-state index contributed by atoms with van der Waals surface area (Å²) < 4.78 is 6.02. The number of carboxylic acid groups (broad SMARTS) is 1. The molecule has 1 aliphatic heterocycles. The Balaban J connectivity index is 1.51. The Labute approximate surface area is 217 Å². The molecule has 194 valence electrons. The molecule has 1 amide bonds. The van der Waals surface area contributed by atoms with Gasteiger partial charge in [-0.05, 0) is 49.8 Å². The third-order valence-electron chi connectivity index (χ3n) is 6.74. The number of ether oxygens (including phenoxy) is 1. The smallest absolute Gasteiger partial charge is 0.326 e. The number of carbonyl (C=O) groups is 2. The Morgan fingerprint density at radius 3 is 2.32 bits per heavy atom. The molecular weight excluding hydrogens is 468 g/mol. The summed E-state index contributed by atoms with van der Waals surface area (Å²) in [5.74, 6) is -0.393. The molecule has 4 rings (SSSR count). The molecule has 1 aliphatic rings. The minimum atomic E-state index is -1.08. The fraction of sp³-hybridized carbons (Fsp3) is 0.379. The SMILES string of the molecule is CCC(NC(=O)c1nc(CC2CCN(c3ccccc3)CC2)nc(C)c1OCc1ccccc1)C(=O)O. The zero-order chi connectivity index (χ0) is 26.2. The highest BCUT2D eigenvalue weighted by Gasteiger charge is 2.26. The summed E-state index contributed by atoms with van der Waals surface area (Å²) in [7, 11) is 0. The maximum absolute atomic E-state index is 13.2. The molecule has 1 unspecified atom stereocenters. The van der Waals surface area contributed by atoms with E-state index in [4.69, 9.17) is 4.74 Å². The molecule has 0 aliphatic carbocycles. The molecule has 8 heteroatoms. The number of rotatable bonds is 10. The fourth-order valence-corrected chi connectivity index (χ4v) is 4.63. The number of hydrogen-bond donors (Lipinski definition) is 2. The van der Waals surface area contributed by atoms with E-state index in [-0.39, 0.29) is 24.5 Å². The quantitative estimate of drug-likeness (QED) is 0.423. The second kappa shape index (κ2) is 12.3. The van der Waals surface area contributed by atoms with E-state index < -0.39 is 17.9 Å². The van der Waals surface area contributed by atoms with Gasteiger partial charge in [-0.25, -0.2) is 14.8 Å². The molecule has 2 heterocycles. The summed E-state index contributed by atoms with van der Waals surface area (Å²) in [5, 5.41) is 12.0. The van der Waals surface area contributed by atoms with Crippen LogP contribution in [0, 0.1) is 12.8 Å². The Morgan fingerprint density at radius 1 is 1.05 bits per heavy atom. The van der Waals surface area contributed by atoms with Crippen LogP contribution >= 0.6 is 0 Å². The van der Waals surface area contributed by atoms with E-state index in [2.05, 4.69) is 44.5 Å². The molecule has 1 aromatic heterocycles. The van der Waals surface area contributed by atoms with Gasteiger partial charge in [0, 0.05) is 25.2 Å². The highest BCUT2D eigenvalue weighted by atomic mass is 16.5. The number of nitrogens with one attached hydrogen (secondary N) is 1. The monoisotopic (exact) mass is 502 g/mol. The van der Waals surface area contributed by atoms with Gasteiger partial charge < -0.3 is 20.1 Å². The van der Waals surface area contributed by atoms with Gasteiger partial charge in [-0.2, -0.15) is 0 Å². The number of benzene rings is 2.